The highest BCUT2D eigenvalue weighted by Gasteiger charge is 2.27. The number of rotatable bonds is 5. The molecule has 2 atom stereocenters. The molecule has 0 radical (unpaired) electrons. The number of benzene rings is 1. The zero-order chi connectivity index (χ0) is 18.6. The van der Waals surface area contributed by atoms with E-state index in [2.05, 4.69) is 21.4 Å². The summed E-state index contributed by atoms with van der Waals surface area (Å²) in [5.74, 6) is 1.24. The maximum Gasteiger partial charge on any atom is 0.276 e. The number of carbonyl (C=O) groups is 1. The molecule has 1 N–H and O–H groups in total. The number of nitrogens with one attached hydrogen (secondary N) is 1. The fourth-order valence-electron chi connectivity index (χ4n) is 3.81. The maximum atomic E-state index is 12.9. The summed E-state index contributed by atoms with van der Waals surface area (Å²) in [5.41, 5.74) is 2.52. The van der Waals surface area contributed by atoms with E-state index in [4.69, 9.17) is 4.74 Å². The highest BCUT2D eigenvalue weighted by atomic mass is 16.5. The molecular formula is C21H24N4O2. The maximum absolute atomic E-state index is 12.9. The number of hydrogen-bond donors (Lipinski definition) is 1. The highest BCUT2D eigenvalue weighted by Crippen LogP contribution is 2.39. The summed E-state index contributed by atoms with van der Waals surface area (Å²) in [6, 6.07) is 11.8. The Labute approximate surface area is 159 Å². The summed E-state index contributed by atoms with van der Waals surface area (Å²) < 4.78 is 5.86. The van der Waals surface area contributed by atoms with Crippen molar-refractivity contribution in [1.82, 2.24) is 10.3 Å². The number of fused-ring (bicyclic) bond motifs is 1. The van der Waals surface area contributed by atoms with Crippen LogP contribution in [0.1, 0.15) is 41.7 Å². The third kappa shape index (κ3) is 3.65. The third-order valence-corrected chi connectivity index (χ3v) is 5.21. The van der Waals surface area contributed by atoms with Gasteiger partial charge in [-0.05, 0) is 61.6 Å². The Morgan fingerprint density at radius 1 is 1.33 bits per heavy atom. The van der Waals surface area contributed by atoms with Crippen molar-refractivity contribution in [3.63, 3.8) is 0 Å². The van der Waals surface area contributed by atoms with E-state index >= 15 is 0 Å². The molecular weight excluding hydrogens is 340 g/mol. The van der Waals surface area contributed by atoms with Crippen molar-refractivity contribution < 1.29 is 9.53 Å². The average Bonchev–Trinajstić information content (AvgIpc) is 3.22. The first kappa shape index (κ1) is 17.5. The summed E-state index contributed by atoms with van der Waals surface area (Å²) in [6.07, 6.45) is 5.44. The minimum Gasteiger partial charge on any atom is -0.493 e. The number of nitrogens with zero attached hydrogens (tertiary/aromatic N) is 3. The predicted molar refractivity (Wildman–Crippen MR) is 106 cm³/mol. The average molecular weight is 364 g/mol. The molecule has 140 valence electrons. The Hall–Kier alpha value is -2.89. The Kier molecular flexibility index (Phi) is 5.05. The lowest BCUT2D eigenvalue weighted by molar-refractivity contribution is 0.0983. The number of hydrogen-bond acceptors (Lipinski definition) is 5. The van der Waals surface area contributed by atoms with E-state index < -0.39 is 0 Å². The minimum atomic E-state index is -0.0859. The summed E-state index contributed by atoms with van der Waals surface area (Å²) in [6.45, 7) is 4.12. The Balaban J connectivity index is 1.60. The van der Waals surface area contributed by atoms with Crippen molar-refractivity contribution >= 4 is 17.9 Å². The summed E-state index contributed by atoms with van der Waals surface area (Å²) in [7, 11) is 0. The number of aromatic nitrogens is 1. The molecule has 2 aliphatic heterocycles. The van der Waals surface area contributed by atoms with Crippen molar-refractivity contribution in [3.05, 3.63) is 53.9 Å². The number of anilines is 1. The molecule has 6 heteroatoms. The third-order valence-electron chi connectivity index (χ3n) is 5.21. The zero-order valence-electron chi connectivity index (χ0n) is 15.5. The van der Waals surface area contributed by atoms with Gasteiger partial charge in [0, 0.05) is 24.5 Å². The number of ether oxygens (including phenoxy) is 1. The van der Waals surface area contributed by atoms with Crippen molar-refractivity contribution in [2.75, 3.05) is 24.6 Å². The van der Waals surface area contributed by atoms with Gasteiger partial charge in [0.15, 0.2) is 0 Å². The second-order valence-electron chi connectivity index (χ2n) is 6.91. The molecule has 0 fully saturated rings. The molecule has 2 aliphatic rings. The van der Waals surface area contributed by atoms with Crippen LogP contribution in [0.4, 0.5) is 5.69 Å². The van der Waals surface area contributed by atoms with Gasteiger partial charge < -0.3 is 15.0 Å². The lowest BCUT2D eigenvalue weighted by Crippen LogP contribution is -2.32. The molecule has 0 aliphatic carbocycles. The van der Waals surface area contributed by atoms with E-state index in [1.807, 2.05) is 31.2 Å². The van der Waals surface area contributed by atoms with Gasteiger partial charge in [-0.2, -0.15) is 0 Å². The standard InChI is InChI=1S/C21H24N4O2/c1-2-25(21(26)19-5-3-4-9-23-19)17-6-7-20-18(12-17)15(8-10-27-20)11-16-13-22-14-24-16/h3-7,9,12,14-16H,2,8,10-11,13H2,1H3,(H,22,24). The molecule has 6 nitrogen and oxygen atoms in total. The summed E-state index contributed by atoms with van der Waals surface area (Å²) in [5, 5.41) is 3.32. The van der Waals surface area contributed by atoms with E-state index in [-0.39, 0.29) is 5.91 Å². The van der Waals surface area contributed by atoms with Crippen LogP contribution in [0.2, 0.25) is 0 Å². The number of carbonyl (C=O) groups excluding carboxylic acids is 1. The van der Waals surface area contributed by atoms with Gasteiger partial charge in [-0.15, -0.1) is 0 Å². The second-order valence-corrected chi connectivity index (χ2v) is 6.91. The molecule has 0 saturated heterocycles. The first-order valence-corrected chi connectivity index (χ1v) is 9.50. The van der Waals surface area contributed by atoms with Crippen LogP contribution >= 0.6 is 0 Å². The van der Waals surface area contributed by atoms with Crippen LogP contribution in [0, 0.1) is 0 Å². The first-order valence-electron chi connectivity index (χ1n) is 9.50. The molecule has 3 heterocycles. The minimum absolute atomic E-state index is 0.0859. The smallest absolute Gasteiger partial charge is 0.276 e. The van der Waals surface area contributed by atoms with Gasteiger partial charge >= 0.3 is 0 Å². The molecule has 0 bridgehead atoms. The fraction of sp³-hybridized carbons (Fsp3) is 0.381. The van der Waals surface area contributed by atoms with Gasteiger partial charge in [0.25, 0.3) is 5.91 Å². The lowest BCUT2D eigenvalue weighted by atomic mass is 9.87. The molecule has 4 rings (SSSR count). The van der Waals surface area contributed by atoms with E-state index in [0.29, 0.717) is 24.2 Å². The molecule has 1 aromatic heterocycles. The normalized spacial score (nSPS) is 20.5. The van der Waals surface area contributed by atoms with Crippen LogP contribution in [0.3, 0.4) is 0 Å². The molecule has 0 saturated carbocycles. The van der Waals surface area contributed by atoms with Gasteiger partial charge in [0.1, 0.15) is 11.4 Å². The van der Waals surface area contributed by atoms with E-state index in [9.17, 15) is 4.79 Å². The SMILES string of the molecule is CCN(C(=O)c1ccccn1)c1ccc2c(c1)C(CC1CN=CN1)CCO2. The summed E-state index contributed by atoms with van der Waals surface area (Å²) in [4.78, 5) is 23.2. The second kappa shape index (κ2) is 7.78. The Bertz CT molecular complexity index is 829. The van der Waals surface area contributed by atoms with E-state index in [0.717, 1.165) is 37.4 Å². The van der Waals surface area contributed by atoms with Gasteiger partial charge in [-0.1, -0.05) is 6.07 Å². The fourth-order valence-corrected chi connectivity index (χ4v) is 3.81. The van der Waals surface area contributed by atoms with E-state index in [1.165, 1.54) is 5.56 Å². The van der Waals surface area contributed by atoms with Gasteiger partial charge in [0.05, 0.1) is 19.5 Å². The van der Waals surface area contributed by atoms with Crippen LogP contribution in [-0.4, -0.2) is 43.0 Å². The van der Waals surface area contributed by atoms with Crippen molar-refractivity contribution in [2.24, 2.45) is 4.99 Å². The lowest BCUT2D eigenvalue weighted by Gasteiger charge is -2.30. The molecule has 1 aromatic carbocycles. The van der Waals surface area contributed by atoms with Crippen molar-refractivity contribution in [1.29, 1.82) is 0 Å². The topological polar surface area (TPSA) is 66.8 Å². The van der Waals surface area contributed by atoms with Crippen molar-refractivity contribution in [3.8, 4) is 5.75 Å². The van der Waals surface area contributed by atoms with Crippen LogP contribution in [0.25, 0.3) is 0 Å². The van der Waals surface area contributed by atoms with Crippen molar-refractivity contribution in [2.45, 2.75) is 31.7 Å². The largest absolute Gasteiger partial charge is 0.493 e. The van der Waals surface area contributed by atoms with Gasteiger partial charge in [-0.25, -0.2) is 0 Å². The van der Waals surface area contributed by atoms with Crippen LogP contribution in [-0.2, 0) is 0 Å². The predicted octanol–water partition coefficient (Wildman–Crippen LogP) is 3.00. The molecule has 0 spiro atoms. The molecule has 2 aromatic rings. The molecule has 1 amide bonds. The Morgan fingerprint density at radius 2 is 2.26 bits per heavy atom. The zero-order valence-corrected chi connectivity index (χ0v) is 15.5. The van der Waals surface area contributed by atoms with Crippen LogP contribution in [0.15, 0.2) is 47.6 Å². The van der Waals surface area contributed by atoms with Gasteiger partial charge in [-0.3, -0.25) is 14.8 Å². The highest BCUT2D eigenvalue weighted by molar-refractivity contribution is 6.04. The number of aliphatic imine (C=N–C) groups is 1. The molecule has 27 heavy (non-hydrogen) atoms. The monoisotopic (exact) mass is 364 g/mol. The number of pyridine rings is 1. The van der Waals surface area contributed by atoms with Crippen LogP contribution < -0.4 is 15.0 Å². The first-order chi connectivity index (χ1) is 13.3. The van der Waals surface area contributed by atoms with E-state index in [1.54, 1.807) is 23.5 Å². The summed E-state index contributed by atoms with van der Waals surface area (Å²) >= 11 is 0. The Morgan fingerprint density at radius 3 is 3.00 bits per heavy atom. The quantitative estimate of drug-likeness (QED) is 0.886. The number of amides is 1. The van der Waals surface area contributed by atoms with Crippen LogP contribution in [0.5, 0.6) is 5.75 Å². The van der Waals surface area contributed by atoms with Gasteiger partial charge in [0.2, 0.25) is 0 Å². The molecule has 2 unspecified atom stereocenters.